The Morgan fingerprint density at radius 2 is 1.87 bits per heavy atom. The molecule has 162 valence electrons. The fourth-order valence-corrected chi connectivity index (χ4v) is 4.28. The lowest BCUT2D eigenvalue weighted by molar-refractivity contribution is 0.0383. The molecule has 9 heteroatoms. The first-order valence-corrected chi connectivity index (χ1v) is 12.0. The van der Waals surface area contributed by atoms with Crippen LogP contribution in [0.5, 0.6) is 0 Å². The summed E-state index contributed by atoms with van der Waals surface area (Å²) in [4.78, 5) is 14.6. The lowest BCUT2D eigenvalue weighted by Gasteiger charge is -2.26. The van der Waals surface area contributed by atoms with Crippen LogP contribution in [0, 0.1) is 0 Å². The van der Waals surface area contributed by atoms with Crippen molar-refractivity contribution in [3.8, 4) is 0 Å². The van der Waals surface area contributed by atoms with Gasteiger partial charge in [0.2, 0.25) is 10.0 Å². The summed E-state index contributed by atoms with van der Waals surface area (Å²) in [6.07, 6.45) is 1.16. The van der Waals surface area contributed by atoms with Crippen molar-refractivity contribution in [2.45, 2.75) is 6.54 Å². The number of amides is 1. The van der Waals surface area contributed by atoms with E-state index >= 15 is 0 Å². The Morgan fingerprint density at radius 1 is 1.17 bits per heavy atom. The first kappa shape index (κ1) is 22.6. The molecule has 0 spiro atoms. The van der Waals surface area contributed by atoms with Gasteiger partial charge in [-0.05, 0) is 35.9 Å². The van der Waals surface area contributed by atoms with Gasteiger partial charge in [-0.2, -0.15) is 0 Å². The molecule has 0 unspecified atom stereocenters. The lowest BCUT2D eigenvalue weighted by atomic mass is 10.1. The predicted octanol–water partition coefficient (Wildman–Crippen LogP) is 2.37. The van der Waals surface area contributed by atoms with Crippen LogP contribution < -0.4 is 9.62 Å². The molecule has 0 aromatic heterocycles. The minimum atomic E-state index is -3.50. The van der Waals surface area contributed by atoms with Gasteiger partial charge in [-0.25, -0.2) is 8.42 Å². The molecule has 1 fully saturated rings. The summed E-state index contributed by atoms with van der Waals surface area (Å²) in [5.74, 6) is -0.149. The van der Waals surface area contributed by atoms with E-state index < -0.39 is 10.0 Å². The SMILES string of the molecule is CS(=O)(=O)N(Cc1ccc(C(=O)NCCN2CCOCC2)cc1)c1cccc(Cl)c1. The molecule has 0 saturated carbocycles. The number of anilines is 1. The van der Waals surface area contributed by atoms with Crippen molar-refractivity contribution in [3.05, 3.63) is 64.7 Å². The Morgan fingerprint density at radius 3 is 2.50 bits per heavy atom. The minimum Gasteiger partial charge on any atom is -0.379 e. The van der Waals surface area contributed by atoms with Crippen molar-refractivity contribution < 1.29 is 17.9 Å². The van der Waals surface area contributed by atoms with E-state index in [1.807, 2.05) is 0 Å². The summed E-state index contributed by atoms with van der Waals surface area (Å²) < 4.78 is 31.2. The lowest BCUT2D eigenvalue weighted by Crippen LogP contribution is -2.41. The van der Waals surface area contributed by atoms with Crippen LogP contribution in [-0.2, 0) is 21.3 Å². The average molecular weight is 452 g/mol. The predicted molar refractivity (Wildman–Crippen MR) is 119 cm³/mol. The van der Waals surface area contributed by atoms with Gasteiger partial charge in [-0.15, -0.1) is 0 Å². The van der Waals surface area contributed by atoms with Crippen LogP contribution in [-0.4, -0.2) is 64.9 Å². The Kier molecular flexibility index (Phi) is 7.71. The zero-order chi connectivity index (χ0) is 21.6. The van der Waals surface area contributed by atoms with Crippen LogP contribution in [0.4, 0.5) is 5.69 Å². The quantitative estimate of drug-likeness (QED) is 0.666. The van der Waals surface area contributed by atoms with Crippen LogP contribution >= 0.6 is 11.6 Å². The molecule has 1 saturated heterocycles. The van der Waals surface area contributed by atoms with Gasteiger partial charge >= 0.3 is 0 Å². The van der Waals surface area contributed by atoms with E-state index in [0.29, 0.717) is 22.8 Å². The van der Waals surface area contributed by atoms with E-state index in [0.717, 1.165) is 44.7 Å². The number of morpholine rings is 1. The number of carbonyl (C=O) groups is 1. The maximum absolute atomic E-state index is 12.4. The third kappa shape index (κ3) is 6.43. The van der Waals surface area contributed by atoms with Crippen molar-refractivity contribution in [2.75, 3.05) is 50.0 Å². The molecular formula is C21H26ClN3O4S. The Labute approximate surface area is 182 Å². The maximum Gasteiger partial charge on any atom is 0.251 e. The first-order chi connectivity index (χ1) is 14.3. The summed E-state index contributed by atoms with van der Waals surface area (Å²) in [7, 11) is -3.50. The molecule has 30 heavy (non-hydrogen) atoms. The second kappa shape index (κ2) is 10.3. The fraction of sp³-hybridized carbons (Fsp3) is 0.381. The van der Waals surface area contributed by atoms with Crippen LogP contribution in [0.25, 0.3) is 0 Å². The van der Waals surface area contributed by atoms with Gasteiger partial charge in [0, 0.05) is 36.8 Å². The Balaban J connectivity index is 1.60. The number of hydrogen-bond donors (Lipinski definition) is 1. The van der Waals surface area contributed by atoms with Gasteiger partial charge in [0.1, 0.15) is 0 Å². The van der Waals surface area contributed by atoms with E-state index in [2.05, 4.69) is 10.2 Å². The van der Waals surface area contributed by atoms with Crippen molar-refractivity contribution >= 4 is 33.2 Å². The van der Waals surface area contributed by atoms with Gasteiger partial charge in [-0.3, -0.25) is 14.0 Å². The normalized spacial score (nSPS) is 15.0. The molecule has 1 heterocycles. The highest BCUT2D eigenvalue weighted by Crippen LogP contribution is 2.24. The van der Waals surface area contributed by atoms with Gasteiger partial charge in [0.25, 0.3) is 5.91 Å². The number of hydrogen-bond acceptors (Lipinski definition) is 5. The van der Waals surface area contributed by atoms with Gasteiger partial charge < -0.3 is 10.1 Å². The molecule has 0 aliphatic carbocycles. The van der Waals surface area contributed by atoms with Crippen LogP contribution in [0.3, 0.4) is 0 Å². The van der Waals surface area contributed by atoms with Crippen molar-refractivity contribution in [2.24, 2.45) is 0 Å². The molecule has 2 aromatic carbocycles. The topological polar surface area (TPSA) is 79.0 Å². The standard InChI is InChI=1S/C21H26ClN3O4S/c1-30(27,28)25(20-4-2-3-19(22)15-20)16-17-5-7-18(8-6-17)21(26)23-9-10-24-11-13-29-14-12-24/h2-8,15H,9-14,16H2,1H3,(H,23,26). The van der Waals surface area contributed by atoms with Crippen molar-refractivity contribution in [1.82, 2.24) is 10.2 Å². The molecule has 1 N–H and O–H groups in total. The van der Waals surface area contributed by atoms with Crippen LogP contribution in [0.2, 0.25) is 5.02 Å². The first-order valence-electron chi connectivity index (χ1n) is 9.73. The molecule has 1 aliphatic heterocycles. The van der Waals surface area contributed by atoms with Gasteiger partial charge in [-0.1, -0.05) is 29.8 Å². The molecule has 1 aliphatic rings. The maximum atomic E-state index is 12.4. The Hall–Kier alpha value is -2.13. The summed E-state index contributed by atoms with van der Waals surface area (Å²) in [5.41, 5.74) is 1.80. The Bertz CT molecular complexity index is 960. The molecule has 0 bridgehead atoms. The third-order valence-corrected chi connectivity index (χ3v) is 6.23. The molecule has 2 aromatic rings. The summed E-state index contributed by atoms with van der Waals surface area (Å²) in [5, 5.41) is 3.38. The summed E-state index contributed by atoms with van der Waals surface area (Å²) in [6.45, 7) is 4.73. The number of nitrogens with one attached hydrogen (secondary N) is 1. The monoisotopic (exact) mass is 451 g/mol. The number of halogens is 1. The summed E-state index contributed by atoms with van der Waals surface area (Å²) >= 11 is 6.01. The van der Waals surface area contributed by atoms with E-state index in [1.54, 1.807) is 48.5 Å². The fourth-order valence-electron chi connectivity index (χ4n) is 3.21. The number of ether oxygens (including phenoxy) is 1. The largest absolute Gasteiger partial charge is 0.379 e. The van der Waals surface area contributed by atoms with E-state index in [-0.39, 0.29) is 12.5 Å². The number of benzene rings is 2. The number of sulfonamides is 1. The number of carbonyl (C=O) groups excluding carboxylic acids is 1. The van der Waals surface area contributed by atoms with E-state index in [9.17, 15) is 13.2 Å². The van der Waals surface area contributed by atoms with E-state index in [4.69, 9.17) is 16.3 Å². The smallest absolute Gasteiger partial charge is 0.251 e. The minimum absolute atomic E-state index is 0.149. The molecule has 0 atom stereocenters. The van der Waals surface area contributed by atoms with E-state index in [1.165, 1.54) is 4.31 Å². The zero-order valence-corrected chi connectivity index (χ0v) is 18.5. The summed E-state index contributed by atoms with van der Waals surface area (Å²) in [6, 6.07) is 13.6. The molecular weight excluding hydrogens is 426 g/mol. The highest BCUT2D eigenvalue weighted by Gasteiger charge is 2.18. The molecule has 3 rings (SSSR count). The highest BCUT2D eigenvalue weighted by atomic mass is 35.5. The second-order valence-electron chi connectivity index (χ2n) is 7.16. The second-order valence-corrected chi connectivity index (χ2v) is 9.50. The van der Waals surface area contributed by atoms with Gasteiger partial charge in [0.05, 0.1) is 31.7 Å². The molecule has 0 radical (unpaired) electrons. The van der Waals surface area contributed by atoms with Crippen LogP contribution in [0.1, 0.15) is 15.9 Å². The zero-order valence-electron chi connectivity index (χ0n) is 16.9. The molecule has 1 amide bonds. The number of nitrogens with zero attached hydrogens (tertiary/aromatic N) is 2. The van der Waals surface area contributed by atoms with Crippen molar-refractivity contribution in [3.63, 3.8) is 0 Å². The molecule has 7 nitrogen and oxygen atoms in total. The van der Waals surface area contributed by atoms with Gasteiger partial charge in [0.15, 0.2) is 0 Å². The van der Waals surface area contributed by atoms with Crippen molar-refractivity contribution in [1.29, 1.82) is 0 Å². The van der Waals surface area contributed by atoms with Crippen LogP contribution in [0.15, 0.2) is 48.5 Å². The number of rotatable bonds is 8. The average Bonchev–Trinajstić information content (AvgIpc) is 2.72. The highest BCUT2D eigenvalue weighted by molar-refractivity contribution is 7.92. The third-order valence-electron chi connectivity index (χ3n) is 4.86.